The van der Waals surface area contributed by atoms with E-state index in [1.807, 2.05) is 43.3 Å². The van der Waals surface area contributed by atoms with Crippen molar-refractivity contribution >= 4 is 12.1 Å². The van der Waals surface area contributed by atoms with Gasteiger partial charge in [0.1, 0.15) is 6.54 Å². The molecule has 0 spiro atoms. The monoisotopic (exact) mass is 308 g/mol. The molecule has 23 heavy (non-hydrogen) atoms. The van der Waals surface area contributed by atoms with Crippen molar-refractivity contribution in [2.75, 3.05) is 0 Å². The Hall–Kier alpha value is -3.22. The summed E-state index contributed by atoms with van der Waals surface area (Å²) in [6.07, 6.45) is 4.89. The highest BCUT2D eigenvalue weighted by atomic mass is 16.2. The number of hydrogen-bond donors (Lipinski definition) is 2. The maximum Gasteiger partial charge on any atom is 0.261 e. The smallest absolute Gasteiger partial charge is 0.261 e. The summed E-state index contributed by atoms with van der Waals surface area (Å²) >= 11 is 0. The molecule has 0 unspecified atom stereocenters. The lowest BCUT2D eigenvalue weighted by molar-refractivity contribution is -0.121. The number of rotatable bonds is 5. The first-order valence-corrected chi connectivity index (χ1v) is 7.13. The average Bonchev–Trinajstić information content (AvgIpc) is 3.18. The number of H-pyrrole nitrogens is 1. The van der Waals surface area contributed by atoms with Crippen molar-refractivity contribution in [3.8, 4) is 11.3 Å². The Bertz CT molecular complexity index is 818. The van der Waals surface area contributed by atoms with E-state index in [1.54, 1.807) is 23.3 Å². The lowest BCUT2D eigenvalue weighted by Gasteiger charge is -2.02. The molecule has 0 saturated carbocycles. The minimum Gasteiger partial charge on any atom is -0.277 e. The van der Waals surface area contributed by atoms with Gasteiger partial charge in [0.15, 0.2) is 0 Å². The molecule has 2 aromatic heterocycles. The van der Waals surface area contributed by atoms with Crippen molar-refractivity contribution in [1.29, 1.82) is 0 Å². The number of carbonyl (C=O) groups is 1. The zero-order valence-corrected chi connectivity index (χ0v) is 12.6. The van der Waals surface area contributed by atoms with Crippen LogP contribution in [0.2, 0.25) is 0 Å². The molecule has 2 heterocycles. The fourth-order valence-electron chi connectivity index (χ4n) is 2.14. The van der Waals surface area contributed by atoms with E-state index >= 15 is 0 Å². The molecule has 3 aromatic rings. The van der Waals surface area contributed by atoms with Gasteiger partial charge in [-0.1, -0.05) is 30.3 Å². The van der Waals surface area contributed by atoms with Gasteiger partial charge in [0.2, 0.25) is 0 Å². The van der Waals surface area contributed by atoms with E-state index in [4.69, 9.17) is 0 Å². The van der Waals surface area contributed by atoms with Crippen molar-refractivity contribution in [2.24, 2.45) is 5.10 Å². The Balaban J connectivity index is 1.64. The van der Waals surface area contributed by atoms with Crippen LogP contribution in [0.4, 0.5) is 0 Å². The summed E-state index contributed by atoms with van der Waals surface area (Å²) in [5, 5.41) is 15.0. The van der Waals surface area contributed by atoms with Crippen LogP contribution in [0.3, 0.4) is 0 Å². The number of nitrogens with one attached hydrogen (secondary N) is 2. The van der Waals surface area contributed by atoms with Gasteiger partial charge >= 0.3 is 0 Å². The van der Waals surface area contributed by atoms with E-state index in [-0.39, 0.29) is 12.5 Å². The minimum atomic E-state index is -0.238. The van der Waals surface area contributed by atoms with Gasteiger partial charge < -0.3 is 0 Å². The number of hydrazone groups is 1. The maximum atomic E-state index is 11.8. The molecule has 0 bridgehead atoms. The summed E-state index contributed by atoms with van der Waals surface area (Å²) in [4.78, 5) is 11.8. The van der Waals surface area contributed by atoms with Crippen LogP contribution < -0.4 is 5.43 Å². The van der Waals surface area contributed by atoms with Crippen LogP contribution in [0.1, 0.15) is 11.3 Å². The van der Waals surface area contributed by atoms with Gasteiger partial charge in [-0.3, -0.25) is 14.6 Å². The number of benzene rings is 1. The van der Waals surface area contributed by atoms with E-state index in [2.05, 4.69) is 25.8 Å². The number of amides is 1. The molecular weight excluding hydrogens is 292 g/mol. The first-order chi connectivity index (χ1) is 11.2. The van der Waals surface area contributed by atoms with Crippen molar-refractivity contribution < 1.29 is 4.79 Å². The fourth-order valence-corrected chi connectivity index (χ4v) is 2.14. The summed E-state index contributed by atoms with van der Waals surface area (Å²) in [6, 6.07) is 11.6. The summed E-state index contributed by atoms with van der Waals surface area (Å²) in [6.45, 7) is 2.02. The van der Waals surface area contributed by atoms with Gasteiger partial charge in [-0.25, -0.2) is 5.43 Å². The molecule has 0 aliphatic carbocycles. The van der Waals surface area contributed by atoms with Crippen LogP contribution >= 0.6 is 0 Å². The molecule has 7 heteroatoms. The van der Waals surface area contributed by atoms with Crippen molar-refractivity contribution in [2.45, 2.75) is 13.5 Å². The van der Waals surface area contributed by atoms with Crippen LogP contribution in [-0.2, 0) is 11.3 Å². The SMILES string of the molecule is Cc1ccnn1CC(=O)N/N=C\c1cn[nH]c1-c1ccccc1. The van der Waals surface area contributed by atoms with Gasteiger partial charge in [0.25, 0.3) is 5.91 Å². The standard InChI is InChI=1S/C16H16N6O/c1-12-7-8-19-22(12)11-15(23)20-17-9-14-10-18-21-16(14)13-5-3-2-4-6-13/h2-10H,11H2,1H3,(H,18,21)(H,20,23)/b17-9-. The minimum absolute atomic E-state index is 0.132. The number of aromatic amines is 1. The first kappa shape index (κ1) is 14.7. The Labute approximate surface area is 133 Å². The van der Waals surface area contributed by atoms with Gasteiger partial charge in [0.05, 0.1) is 18.1 Å². The van der Waals surface area contributed by atoms with Gasteiger partial charge in [-0.15, -0.1) is 0 Å². The molecule has 0 fully saturated rings. The van der Waals surface area contributed by atoms with Gasteiger partial charge in [0, 0.05) is 23.0 Å². The molecule has 1 aromatic carbocycles. The van der Waals surface area contributed by atoms with E-state index in [0.29, 0.717) is 0 Å². The van der Waals surface area contributed by atoms with Gasteiger partial charge in [-0.05, 0) is 13.0 Å². The normalized spacial score (nSPS) is 11.0. The van der Waals surface area contributed by atoms with Gasteiger partial charge in [-0.2, -0.15) is 15.3 Å². The number of carbonyl (C=O) groups excluding carboxylic acids is 1. The number of nitrogens with zero attached hydrogens (tertiary/aromatic N) is 4. The molecule has 2 N–H and O–H groups in total. The van der Waals surface area contributed by atoms with Crippen molar-refractivity contribution in [3.05, 3.63) is 60.0 Å². The number of aryl methyl sites for hydroxylation is 1. The van der Waals surface area contributed by atoms with Crippen LogP contribution in [0, 0.1) is 6.92 Å². The summed E-state index contributed by atoms with van der Waals surface area (Å²) in [5.41, 5.74) is 6.07. The van der Waals surface area contributed by atoms with Crippen LogP contribution in [0.25, 0.3) is 11.3 Å². The molecule has 0 radical (unpaired) electrons. The average molecular weight is 308 g/mol. The highest BCUT2D eigenvalue weighted by Gasteiger charge is 2.06. The van der Waals surface area contributed by atoms with E-state index in [9.17, 15) is 4.79 Å². The van der Waals surface area contributed by atoms with E-state index < -0.39 is 0 Å². The predicted molar refractivity (Wildman–Crippen MR) is 86.7 cm³/mol. The molecule has 0 aliphatic rings. The third-order valence-corrected chi connectivity index (χ3v) is 3.35. The topological polar surface area (TPSA) is 88.0 Å². The Morgan fingerprint density at radius 3 is 2.91 bits per heavy atom. The molecule has 116 valence electrons. The maximum absolute atomic E-state index is 11.8. The predicted octanol–water partition coefficient (Wildman–Crippen LogP) is 1.73. The zero-order chi connectivity index (χ0) is 16.1. The molecular formula is C16H16N6O. The Morgan fingerprint density at radius 2 is 2.17 bits per heavy atom. The molecule has 0 aliphatic heterocycles. The second-order valence-electron chi connectivity index (χ2n) is 4.99. The third kappa shape index (κ3) is 3.52. The van der Waals surface area contributed by atoms with Crippen molar-refractivity contribution in [3.63, 3.8) is 0 Å². The van der Waals surface area contributed by atoms with E-state index in [1.165, 1.54) is 0 Å². The second kappa shape index (κ2) is 6.69. The summed E-state index contributed by atoms with van der Waals surface area (Å²) in [7, 11) is 0. The van der Waals surface area contributed by atoms with Crippen LogP contribution in [0.5, 0.6) is 0 Å². The highest BCUT2D eigenvalue weighted by molar-refractivity contribution is 5.89. The second-order valence-corrected chi connectivity index (χ2v) is 4.99. The van der Waals surface area contributed by atoms with Crippen LogP contribution in [-0.4, -0.2) is 32.1 Å². The highest BCUT2D eigenvalue weighted by Crippen LogP contribution is 2.18. The lowest BCUT2D eigenvalue weighted by atomic mass is 10.1. The number of aromatic nitrogens is 4. The number of hydrogen-bond acceptors (Lipinski definition) is 4. The molecule has 3 rings (SSSR count). The first-order valence-electron chi connectivity index (χ1n) is 7.13. The van der Waals surface area contributed by atoms with Crippen molar-refractivity contribution in [1.82, 2.24) is 25.4 Å². The molecule has 0 saturated heterocycles. The fraction of sp³-hybridized carbons (Fsp3) is 0.125. The summed E-state index contributed by atoms with van der Waals surface area (Å²) < 4.78 is 1.61. The summed E-state index contributed by atoms with van der Waals surface area (Å²) in [5.74, 6) is -0.238. The Kier molecular flexibility index (Phi) is 4.28. The third-order valence-electron chi connectivity index (χ3n) is 3.35. The molecule has 0 atom stereocenters. The molecule has 1 amide bonds. The lowest BCUT2D eigenvalue weighted by Crippen LogP contribution is -2.24. The zero-order valence-electron chi connectivity index (χ0n) is 12.6. The largest absolute Gasteiger partial charge is 0.277 e. The molecule has 7 nitrogen and oxygen atoms in total. The van der Waals surface area contributed by atoms with Crippen LogP contribution in [0.15, 0.2) is 53.9 Å². The quantitative estimate of drug-likeness (QED) is 0.556. The van der Waals surface area contributed by atoms with E-state index in [0.717, 1.165) is 22.5 Å². The Morgan fingerprint density at radius 1 is 1.35 bits per heavy atom.